The van der Waals surface area contributed by atoms with E-state index in [0.717, 1.165) is 25.0 Å². The van der Waals surface area contributed by atoms with Crippen LogP contribution >= 0.6 is 0 Å². The van der Waals surface area contributed by atoms with E-state index in [9.17, 15) is 0 Å². The van der Waals surface area contributed by atoms with Crippen LogP contribution in [0.3, 0.4) is 0 Å². The zero-order chi connectivity index (χ0) is 11.6. The second-order valence-electron chi connectivity index (χ2n) is 5.05. The molecule has 2 nitrogen and oxygen atoms in total. The predicted molar refractivity (Wildman–Crippen MR) is 70.6 cm³/mol. The van der Waals surface area contributed by atoms with Crippen LogP contribution in [0.25, 0.3) is 6.08 Å². The van der Waals surface area contributed by atoms with Crippen molar-refractivity contribution in [3.63, 3.8) is 0 Å². The monoisotopic (exact) mass is 220 g/mol. The standard InChI is InChI=1S/C14H22N2.H2/c1-4-10-14(3,5-2)13-15-11-8-6-7-9-12(11)16-13;/h6,8H,4-5,7,9-10H2,1-3H3,(H,15,16);1H. The van der Waals surface area contributed by atoms with Gasteiger partial charge in [0, 0.05) is 12.5 Å². The molecule has 1 aromatic rings. The third-order valence-corrected chi connectivity index (χ3v) is 3.80. The van der Waals surface area contributed by atoms with E-state index in [-0.39, 0.29) is 6.84 Å². The van der Waals surface area contributed by atoms with Crippen LogP contribution in [-0.2, 0) is 11.8 Å². The maximum Gasteiger partial charge on any atom is 0.112 e. The molecule has 1 aromatic heterocycles. The van der Waals surface area contributed by atoms with Crippen LogP contribution in [-0.4, -0.2) is 9.97 Å². The van der Waals surface area contributed by atoms with Gasteiger partial charge >= 0.3 is 0 Å². The van der Waals surface area contributed by atoms with Gasteiger partial charge in [0.1, 0.15) is 5.82 Å². The van der Waals surface area contributed by atoms with E-state index < -0.39 is 0 Å². The molecule has 1 aliphatic carbocycles. The first-order chi connectivity index (χ1) is 7.69. The number of aromatic nitrogens is 2. The first kappa shape index (κ1) is 11.4. The molecule has 0 aliphatic heterocycles. The summed E-state index contributed by atoms with van der Waals surface area (Å²) in [4.78, 5) is 8.32. The fraction of sp³-hybridized carbons (Fsp3) is 0.643. The van der Waals surface area contributed by atoms with Crippen molar-refractivity contribution in [3.8, 4) is 0 Å². The van der Waals surface area contributed by atoms with E-state index in [4.69, 9.17) is 4.98 Å². The molecule has 1 heterocycles. The Labute approximate surface area is 99.7 Å². The Kier molecular flexibility index (Phi) is 3.17. The highest BCUT2D eigenvalue weighted by Crippen LogP contribution is 2.32. The summed E-state index contributed by atoms with van der Waals surface area (Å²) in [7, 11) is 0. The molecule has 1 N–H and O–H groups in total. The van der Waals surface area contributed by atoms with Gasteiger partial charge in [-0.15, -0.1) is 0 Å². The van der Waals surface area contributed by atoms with Crippen molar-refractivity contribution < 1.29 is 1.43 Å². The summed E-state index contributed by atoms with van der Waals surface area (Å²) in [6.45, 7) is 6.83. The average Bonchev–Trinajstić information content (AvgIpc) is 2.73. The van der Waals surface area contributed by atoms with Gasteiger partial charge in [-0.2, -0.15) is 0 Å². The third kappa shape index (κ3) is 1.93. The number of nitrogens with one attached hydrogen (secondary N) is 1. The van der Waals surface area contributed by atoms with Crippen molar-refractivity contribution in [3.05, 3.63) is 23.3 Å². The topological polar surface area (TPSA) is 28.7 Å². The van der Waals surface area contributed by atoms with Crippen molar-refractivity contribution in [2.24, 2.45) is 0 Å². The van der Waals surface area contributed by atoms with Crippen LogP contribution in [0.5, 0.6) is 0 Å². The van der Waals surface area contributed by atoms with Gasteiger partial charge in [-0.25, -0.2) is 4.98 Å². The smallest absolute Gasteiger partial charge is 0.112 e. The maximum absolute atomic E-state index is 4.77. The van der Waals surface area contributed by atoms with E-state index in [2.05, 4.69) is 37.9 Å². The molecule has 0 saturated heterocycles. The summed E-state index contributed by atoms with van der Waals surface area (Å²) in [5.41, 5.74) is 2.71. The first-order valence-corrected chi connectivity index (χ1v) is 6.45. The lowest BCUT2D eigenvalue weighted by molar-refractivity contribution is 0.392. The van der Waals surface area contributed by atoms with Gasteiger partial charge in [0.05, 0.1) is 5.69 Å². The van der Waals surface area contributed by atoms with Crippen molar-refractivity contribution >= 4 is 6.08 Å². The molecule has 16 heavy (non-hydrogen) atoms. The number of allylic oxidation sites excluding steroid dienone is 1. The zero-order valence-corrected chi connectivity index (χ0v) is 10.6. The number of rotatable bonds is 4. The van der Waals surface area contributed by atoms with Crippen LogP contribution < -0.4 is 0 Å². The van der Waals surface area contributed by atoms with Gasteiger partial charge in [0.25, 0.3) is 0 Å². The largest absolute Gasteiger partial charge is 0.345 e. The molecule has 0 bridgehead atoms. The second kappa shape index (κ2) is 4.44. The van der Waals surface area contributed by atoms with E-state index in [1.54, 1.807) is 0 Å². The summed E-state index contributed by atoms with van der Waals surface area (Å²) < 4.78 is 0. The third-order valence-electron chi connectivity index (χ3n) is 3.80. The van der Waals surface area contributed by atoms with Gasteiger partial charge in [-0.1, -0.05) is 33.3 Å². The highest BCUT2D eigenvalue weighted by atomic mass is 15.0. The lowest BCUT2D eigenvalue weighted by atomic mass is 9.82. The molecule has 1 atom stereocenters. The van der Waals surface area contributed by atoms with Gasteiger partial charge in [-0.3, -0.25) is 0 Å². The summed E-state index contributed by atoms with van der Waals surface area (Å²) in [5.74, 6) is 1.19. The number of hydrogen-bond donors (Lipinski definition) is 1. The fourth-order valence-corrected chi connectivity index (χ4v) is 2.47. The van der Waals surface area contributed by atoms with Gasteiger partial charge < -0.3 is 4.98 Å². The molecule has 2 rings (SSSR count). The molecule has 2 heteroatoms. The Balaban J connectivity index is 0.00000144. The highest BCUT2D eigenvalue weighted by molar-refractivity contribution is 5.50. The zero-order valence-electron chi connectivity index (χ0n) is 10.6. The number of nitrogens with zero attached hydrogens (tertiary/aromatic N) is 1. The number of hydrogen-bond acceptors (Lipinski definition) is 1. The fourth-order valence-electron chi connectivity index (χ4n) is 2.47. The second-order valence-corrected chi connectivity index (χ2v) is 5.05. The van der Waals surface area contributed by atoms with E-state index in [0.29, 0.717) is 0 Å². The van der Waals surface area contributed by atoms with Crippen molar-refractivity contribution in [1.29, 1.82) is 0 Å². The molecule has 0 spiro atoms. The Morgan fingerprint density at radius 3 is 2.94 bits per heavy atom. The molecule has 90 valence electrons. The molecule has 0 radical (unpaired) electrons. The molecular formula is C14H24N2. The SMILES string of the molecule is CCCC(C)(CC)c1nc2c([nH]1)CCC=C2.[HH]. The van der Waals surface area contributed by atoms with Gasteiger partial charge in [0.2, 0.25) is 0 Å². The Bertz CT molecular complexity index is 395. The summed E-state index contributed by atoms with van der Waals surface area (Å²) in [6.07, 6.45) is 10.2. The molecule has 1 aliphatic rings. The summed E-state index contributed by atoms with van der Waals surface area (Å²) >= 11 is 0. The van der Waals surface area contributed by atoms with Crippen LogP contribution in [0.15, 0.2) is 6.08 Å². The predicted octanol–water partition coefficient (Wildman–Crippen LogP) is 4.08. The quantitative estimate of drug-likeness (QED) is 0.813. The van der Waals surface area contributed by atoms with Gasteiger partial charge in [0.15, 0.2) is 0 Å². The summed E-state index contributed by atoms with van der Waals surface area (Å²) in [5, 5.41) is 0. The number of imidazole rings is 1. The van der Waals surface area contributed by atoms with E-state index >= 15 is 0 Å². The van der Waals surface area contributed by atoms with E-state index in [1.807, 2.05) is 0 Å². The number of aromatic amines is 1. The average molecular weight is 220 g/mol. The number of H-pyrrole nitrogens is 1. The van der Waals surface area contributed by atoms with Crippen LogP contribution in [0.2, 0.25) is 0 Å². The molecule has 0 saturated carbocycles. The molecule has 0 fully saturated rings. The van der Waals surface area contributed by atoms with Gasteiger partial charge in [-0.05, 0) is 31.8 Å². The van der Waals surface area contributed by atoms with Crippen molar-refractivity contribution in [2.45, 2.75) is 58.3 Å². The molecule has 0 amide bonds. The minimum Gasteiger partial charge on any atom is -0.345 e. The van der Waals surface area contributed by atoms with Crippen LogP contribution in [0.1, 0.15) is 65.1 Å². The lowest BCUT2D eigenvalue weighted by Crippen LogP contribution is -2.22. The minimum atomic E-state index is 0. The van der Waals surface area contributed by atoms with E-state index in [1.165, 1.54) is 24.4 Å². The highest BCUT2D eigenvalue weighted by Gasteiger charge is 2.28. The lowest BCUT2D eigenvalue weighted by Gasteiger charge is -2.25. The molecular weight excluding hydrogens is 196 g/mol. The Morgan fingerprint density at radius 2 is 2.31 bits per heavy atom. The summed E-state index contributed by atoms with van der Waals surface area (Å²) in [6, 6.07) is 0. The van der Waals surface area contributed by atoms with Crippen LogP contribution in [0, 0.1) is 0 Å². The molecule has 1 unspecified atom stereocenters. The molecule has 0 aromatic carbocycles. The normalized spacial score (nSPS) is 18.2. The van der Waals surface area contributed by atoms with Crippen LogP contribution in [0.4, 0.5) is 0 Å². The minimum absolute atomic E-state index is 0. The Morgan fingerprint density at radius 1 is 1.50 bits per heavy atom. The number of fused-ring (bicyclic) bond motifs is 1. The maximum atomic E-state index is 4.77. The number of aryl methyl sites for hydroxylation is 1. The first-order valence-electron chi connectivity index (χ1n) is 6.45. The van der Waals surface area contributed by atoms with Crippen molar-refractivity contribution in [1.82, 2.24) is 9.97 Å². The van der Waals surface area contributed by atoms with Crippen molar-refractivity contribution in [2.75, 3.05) is 0 Å². The Hall–Kier alpha value is -1.05.